The Labute approximate surface area is 143 Å². The number of nitrogens with zero attached hydrogens (tertiary/aromatic N) is 1. The SMILES string of the molecule is CN(C(=N)N)C(=O)c1cc2cc(NC(=O)c3ccccc3)ccc2[nH]1. The predicted molar refractivity (Wildman–Crippen MR) is 96.7 cm³/mol. The van der Waals surface area contributed by atoms with Gasteiger partial charge in [0.2, 0.25) is 0 Å². The summed E-state index contributed by atoms with van der Waals surface area (Å²) in [4.78, 5) is 28.4. The maximum Gasteiger partial charge on any atom is 0.276 e. The number of amides is 2. The molecule has 2 amide bonds. The molecule has 3 aromatic rings. The number of hydrogen-bond acceptors (Lipinski definition) is 3. The molecule has 1 aromatic heterocycles. The first-order valence-corrected chi connectivity index (χ1v) is 7.57. The van der Waals surface area contributed by atoms with Gasteiger partial charge in [-0.2, -0.15) is 0 Å². The van der Waals surface area contributed by atoms with E-state index in [1.165, 1.54) is 7.05 Å². The number of guanidine groups is 1. The Hall–Kier alpha value is -3.61. The van der Waals surface area contributed by atoms with Crippen LogP contribution in [0.25, 0.3) is 10.9 Å². The predicted octanol–water partition coefficient (Wildman–Crippen LogP) is 2.39. The number of H-pyrrole nitrogens is 1. The number of aromatic amines is 1. The molecule has 0 saturated carbocycles. The van der Waals surface area contributed by atoms with Crippen molar-refractivity contribution in [1.29, 1.82) is 5.41 Å². The van der Waals surface area contributed by atoms with E-state index in [2.05, 4.69) is 10.3 Å². The van der Waals surface area contributed by atoms with Crippen molar-refractivity contribution in [1.82, 2.24) is 9.88 Å². The van der Waals surface area contributed by atoms with E-state index in [0.717, 1.165) is 15.8 Å². The smallest absolute Gasteiger partial charge is 0.276 e. The molecule has 0 radical (unpaired) electrons. The average Bonchev–Trinajstić information content (AvgIpc) is 3.04. The lowest BCUT2D eigenvalue weighted by Crippen LogP contribution is -2.38. The van der Waals surface area contributed by atoms with Gasteiger partial charge in [0.15, 0.2) is 5.96 Å². The largest absolute Gasteiger partial charge is 0.370 e. The third kappa shape index (κ3) is 3.35. The van der Waals surface area contributed by atoms with Gasteiger partial charge in [-0.15, -0.1) is 0 Å². The molecule has 0 saturated heterocycles. The average molecular weight is 335 g/mol. The number of anilines is 1. The number of aromatic nitrogens is 1. The van der Waals surface area contributed by atoms with E-state index in [-0.39, 0.29) is 11.9 Å². The molecule has 0 aliphatic rings. The Balaban J connectivity index is 1.84. The minimum Gasteiger partial charge on any atom is -0.370 e. The summed E-state index contributed by atoms with van der Waals surface area (Å²) in [7, 11) is 1.43. The lowest BCUT2D eigenvalue weighted by atomic mass is 10.2. The zero-order valence-corrected chi connectivity index (χ0v) is 13.5. The minimum atomic E-state index is -0.404. The molecule has 0 spiro atoms. The molecule has 7 nitrogen and oxygen atoms in total. The molecule has 2 aromatic carbocycles. The van der Waals surface area contributed by atoms with Gasteiger partial charge in [0.05, 0.1) is 0 Å². The Morgan fingerprint density at radius 3 is 2.52 bits per heavy atom. The van der Waals surface area contributed by atoms with E-state index in [0.29, 0.717) is 16.9 Å². The van der Waals surface area contributed by atoms with Crippen LogP contribution in [0.1, 0.15) is 20.8 Å². The van der Waals surface area contributed by atoms with Gasteiger partial charge in [-0.25, -0.2) is 0 Å². The molecule has 0 aliphatic heterocycles. The summed E-state index contributed by atoms with van der Waals surface area (Å²) in [5.74, 6) is -0.943. The number of fused-ring (bicyclic) bond motifs is 1. The van der Waals surface area contributed by atoms with Gasteiger partial charge in [-0.05, 0) is 36.4 Å². The topological polar surface area (TPSA) is 115 Å². The van der Waals surface area contributed by atoms with Gasteiger partial charge in [0.25, 0.3) is 11.8 Å². The fourth-order valence-electron chi connectivity index (χ4n) is 2.41. The van der Waals surface area contributed by atoms with E-state index in [9.17, 15) is 9.59 Å². The first-order chi connectivity index (χ1) is 12.0. The van der Waals surface area contributed by atoms with Crippen LogP contribution in [0, 0.1) is 5.41 Å². The van der Waals surface area contributed by atoms with Crippen LogP contribution in [0.15, 0.2) is 54.6 Å². The number of carbonyl (C=O) groups excluding carboxylic acids is 2. The van der Waals surface area contributed by atoms with Crippen LogP contribution in [-0.4, -0.2) is 34.7 Å². The van der Waals surface area contributed by atoms with Crippen molar-refractivity contribution in [3.63, 3.8) is 0 Å². The summed E-state index contributed by atoms with van der Waals surface area (Å²) in [5, 5.41) is 10.9. The molecule has 5 N–H and O–H groups in total. The van der Waals surface area contributed by atoms with Crippen molar-refractivity contribution in [2.45, 2.75) is 0 Å². The maximum atomic E-state index is 12.2. The fourth-order valence-corrected chi connectivity index (χ4v) is 2.41. The number of nitrogens with one attached hydrogen (secondary N) is 3. The number of rotatable bonds is 3. The van der Waals surface area contributed by atoms with E-state index < -0.39 is 5.91 Å². The summed E-state index contributed by atoms with van der Waals surface area (Å²) in [6.45, 7) is 0. The minimum absolute atomic E-state index is 0.205. The Bertz CT molecular complexity index is 962. The molecule has 0 aliphatic carbocycles. The first-order valence-electron chi connectivity index (χ1n) is 7.57. The summed E-state index contributed by atoms with van der Waals surface area (Å²) in [6, 6.07) is 15.9. The van der Waals surface area contributed by atoms with Crippen molar-refractivity contribution < 1.29 is 9.59 Å². The second-order valence-electron chi connectivity index (χ2n) is 5.55. The molecular formula is C18H17N5O2. The monoisotopic (exact) mass is 335 g/mol. The molecule has 0 fully saturated rings. The molecule has 0 bridgehead atoms. The van der Waals surface area contributed by atoms with Gasteiger partial charge >= 0.3 is 0 Å². The third-order valence-corrected chi connectivity index (χ3v) is 3.81. The van der Waals surface area contributed by atoms with E-state index in [4.69, 9.17) is 11.1 Å². The lowest BCUT2D eigenvalue weighted by molar-refractivity contribution is 0.0864. The van der Waals surface area contributed by atoms with E-state index >= 15 is 0 Å². The molecule has 126 valence electrons. The highest BCUT2D eigenvalue weighted by atomic mass is 16.2. The Kier molecular flexibility index (Phi) is 4.21. The van der Waals surface area contributed by atoms with Crippen molar-refractivity contribution in [3.8, 4) is 0 Å². The standard InChI is InChI=1S/C18H17N5O2/c1-23(18(19)20)17(25)15-10-12-9-13(7-8-14(12)22-15)21-16(24)11-5-3-2-4-6-11/h2-10,22H,1H3,(H3,19,20)(H,21,24). The molecule has 0 unspecified atom stereocenters. The molecular weight excluding hydrogens is 318 g/mol. The molecule has 0 atom stereocenters. The molecule has 3 rings (SSSR count). The maximum absolute atomic E-state index is 12.2. The van der Waals surface area contributed by atoms with Gasteiger partial charge in [-0.1, -0.05) is 18.2 Å². The van der Waals surface area contributed by atoms with Crippen molar-refractivity contribution in [2.75, 3.05) is 12.4 Å². The number of hydrogen-bond donors (Lipinski definition) is 4. The van der Waals surface area contributed by atoms with Crippen LogP contribution in [0.4, 0.5) is 5.69 Å². The zero-order valence-electron chi connectivity index (χ0n) is 13.5. The quantitative estimate of drug-likeness (QED) is 0.435. The second-order valence-corrected chi connectivity index (χ2v) is 5.55. The Morgan fingerprint density at radius 1 is 1.12 bits per heavy atom. The summed E-state index contributed by atoms with van der Waals surface area (Å²) in [6.07, 6.45) is 0. The lowest BCUT2D eigenvalue weighted by Gasteiger charge is -2.12. The van der Waals surface area contributed by atoms with Crippen molar-refractivity contribution >= 4 is 34.4 Å². The van der Waals surface area contributed by atoms with Crippen LogP contribution >= 0.6 is 0 Å². The van der Waals surface area contributed by atoms with Crippen LogP contribution in [0.2, 0.25) is 0 Å². The summed E-state index contributed by atoms with van der Waals surface area (Å²) < 4.78 is 0. The van der Waals surface area contributed by atoms with E-state index in [1.54, 1.807) is 48.5 Å². The van der Waals surface area contributed by atoms with E-state index in [1.807, 2.05) is 6.07 Å². The van der Waals surface area contributed by atoms with Crippen LogP contribution in [0.5, 0.6) is 0 Å². The molecule has 25 heavy (non-hydrogen) atoms. The van der Waals surface area contributed by atoms with Crippen molar-refractivity contribution in [3.05, 3.63) is 65.9 Å². The van der Waals surface area contributed by atoms with Gasteiger partial charge in [0, 0.05) is 29.2 Å². The first kappa shape index (κ1) is 16.3. The Morgan fingerprint density at radius 2 is 1.84 bits per heavy atom. The summed E-state index contributed by atoms with van der Waals surface area (Å²) >= 11 is 0. The highest BCUT2D eigenvalue weighted by Gasteiger charge is 2.16. The number of nitrogens with two attached hydrogens (primary N) is 1. The normalized spacial score (nSPS) is 10.4. The van der Waals surface area contributed by atoms with Gasteiger partial charge in [-0.3, -0.25) is 19.9 Å². The number of carbonyl (C=O) groups is 2. The summed E-state index contributed by atoms with van der Waals surface area (Å²) in [5.41, 5.74) is 7.59. The number of benzene rings is 2. The molecule has 7 heteroatoms. The van der Waals surface area contributed by atoms with Crippen LogP contribution < -0.4 is 11.1 Å². The third-order valence-electron chi connectivity index (χ3n) is 3.81. The van der Waals surface area contributed by atoms with Crippen LogP contribution in [0.3, 0.4) is 0 Å². The van der Waals surface area contributed by atoms with Crippen LogP contribution in [-0.2, 0) is 0 Å². The zero-order chi connectivity index (χ0) is 18.0. The fraction of sp³-hybridized carbons (Fsp3) is 0.0556. The highest BCUT2D eigenvalue weighted by molar-refractivity contribution is 6.07. The van der Waals surface area contributed by atoms with Gasteiger partial charge in [0.1, 0.15) is 5.69 Å². The molecule has 1 heterocycles. The van der Waals surface area contributed by atoms with Crippen molar-refractivity contribution in [2.24, 2.45) is 5.73 Å². The second kappa shape index (κ2) is 6.48. The van der Waals surface area contributed by atoms with Gasteiger partial charge < -0.3 is 16.0 Å². The highest BCUT2D eigenvalue weighted by Crippen LogP contribution is 2.21.